The second-order valence-corrected chi connectivity index (χ2v) is 10.2. The predicted molar refractivity (Wildman–Crippen MR) is 149 cm³/mol. The number of carbonyl (C=O) groups excluding carboxylic acids is 2. The molecule has 1 saturated carbocycles. The van der Waals surface area contributed by atoms with E-state index in [1.807, 2.05) is 37.3 Å². The highest BCUT2D eigenvalue weighted by atomic mass is 19.3. The van der Waals surface area contributed by atoms with E-state index in [4.69, 9.17) is 4.74 Å². The second kappa shape index (κ2) is 11.1. The van der Waals surface area contributed by atoms with Crippen molar-refractivity contribution in [1.29, 1.82) is 0 Å². The largest absolute Gasteiger partial charge is 0.495 e. The van der Waals surface area contributed by atoms with Crippen LogP contribution in [0, 0.1) is 0 Å². The molecule has 9 nitrogen and oxygen atoms in total. The normalized spacial score (nSPS) is 17.7. The molecule has 1 unspecified atom stereocenters. The van der Waals surface area contributed by atoms with Crippen LogP contribution in [0.5, 0.6) is 5.75 Å². The van der Waals surface area contributed by atoms with Gasteiger partial charge in [-0.25, -0.2) is 4.98 Å². The molecule has 1 aliphatic carbocycles. The van der Waals surface area contributed by atoms with Gasteiger partial charge in [-0.15, -0.1) is 0 Å². The number of nitrogens with one attached hydrogen (secondary N) is 2. The number of fused-ring (bicyclic) bond motifs is 1. The molecule has 0 spiro atoms. The van der Waals surface area contributed by atoms with E-state index in [9.17, 15) is 18.4 Å². The molecule has 2 heterocycles. The Balaban J connectivity index is 1.40. The van der Waals surface area contributed by atoms with E-state index < -0.39 is 18.4 Å². The first-order valence-corrected chi connectivity index (χ1v) is 13.3. The molecule has 0 bridgehead atoms. The fraction of sp³-hybridized carbons (Fsp3) is 0.379. The molecule has 40 heavy (non-hydrogen) atoms. The molecular formula is C29H32F2N6O3. The maximum Gasteiger partial charge on any atom is 0.342 e. The fourth-order valence-electron chi connectivity index (χ4n) is 5.27. The first-order valence-electron chi connectivity index (χ1n) is 13.3. The van der Waals surface area contributed by atoms with Crippen molar-refractivity contribution in [2.24, 2.45) is 0 Å². The molecule has 2 aliphatic rings. The Morgan fingerprint density at radius 3 is 2.58 bits per heavy atom. The summed E-state index contributed by atoms with van der Waals surface area (Å²) in [6, 6.07) is 14.2. The number of ether oxygens (including phenoxy) is 1. The number of methoxy groups -OCH3 is 1. The molecule has 2 amide bonds. The second-order valence-electron chi connectivity index (χ2n) is 10.2. The van der Waals surface area contributed by atoms with Crippen LogP contribution in [-0.4, -0.2) is 54.4 Å². The van der Waals surface area contributed by atoms with Crippen LogP contribution in [0.2, 0.25) is 0 Å². The van der Waals surface area contributed by atoms with E-state index in [1.54, 1.807) is 23.1 Å². The van der Waals surface area contributed by atoms with Crippen molar-refractivity contribution >= 4 is 35.0 Å². The number of hydrogen-bond acceptors (Lipinski definition) is 7. The summed E-state index contributed by atoms with van der Waals surface area (Å²) in [5.74, 6) is -4.28. The number of halogens is 2. The SMILES string of the molecule is COc1cc(C(=O)NC(C)c2ccccc2)ccc1Nc1ncc2c(n1)N(C1CCCC1)CC(F)(F)C(=O)N2C. The molecule has 210 valence electrons. The zero-order valence-corrected chi connectivity index (χ0v) is 22.7. The number of aromatic nitrogens is 2. The van der Waals surface area contributed by atoms with Crippen molar-refractivity contribution in [3.8, 4) is 5.75 Å². The molecule has 2 aromatic carbocycles. The van der Waals surface area contributed by atoms with Gasteiger partial charge in [0.25, 0.3) is 11.8 Å². The van der Waals surface area contributed by atoms with Crippen molar-refractivity contribution < 1.29 is 23.1 Å². The lowest BCUT2D eigenvalue weighted by Crippen LogP contribution is -2.48. The third-order valence-electron chi connectivity index (χ3n) is 7.49. The number of rotatable bonds is 7. The summed E-state index contributed by atoms with van der Waals surface area (Å²) in [4.78, 5) is 36.8. The standard InChI is InChI=1S/C29H32F2N6O3/c1-18(19-9-5-4-6-10-19)33-26(38)20-13-14-22(24(15-20)40-3)34-28-32-16-23-25(35-28)37(21-11-7-8-12-21)17-29(30,31)27(39)36(23)2/h4-6,9-10,13-16,18,21H,7-8,11-12,17H2,1-3H3,(H,33,38)(H,32,34,35). The van der Waals surface area contributed by atoms with Crippen LogP contribution in [-0.2, 0) is 4.79 Å². The zero-order valence-electron chi connectivity index (χ0n) is 22.7. The molecule has 11 heteroatoms. The molecule has 1 aliphatic heterocycles. The van der Waals surface area contributed by atoms with Crippen LogP contribution in [0.4, 0.5) is 31.9 Å². The lowest BCUT2D eigenvalue weighted by molar-refractivity contribution is -0.140. The van der Waals surface area contributed by atoms with Gasteiger partial charge in [0, 0.05) is 18.7 Å². The minimum absolute atomic E-state index is 0.141. The maximum atomic E-state index is 14.9. The number of nitrogens with zero attached hydrogens (tertiary/aromatic N) is 4. The summed E-state index contributed by atoms with van der Waals surface area (Å²) in [5.41, 5.74) is 2.11. The Hall–Kier alpha value is -4.28. The number of alkyl halides is 2. The Kier molecular flexibility index (Phi) is 7.55. The van der Waals surface area contributed by atoms with Crippen LogP contribution in [0.15, 0.2) is 54.7 Å². The van der Waals surface area contributed by atoms with Crippen molar-refractivity contribution in [2.75, 3.05) is 35.8 Å². The van der Waals surface area contributed by atoms with Gasteiger partial charge in [-0.05, 0) is 43.5 Å². The molecule has 0 radical (unpaired) electrons. The highest BCUT2D eigenvalue weighted by molar-refractivity contribution is 6.02. The highest BCUT2D eigenvalue weighted by Crippen LogP contribution is 2.40. The molecular weight excluding hydrogens is 518 g/mol. The van der Waals surface area contributed by atoms with E-state index in [-0.39, 0.29) is 35.4 Å². The minimum atomic E-state index is -3.55. The maximum absolute atomic E-state index is 14.9. The molecule has 2 N–H and O–H groups in total. The molecule has 5 rings (SSSR count). The quantitative estimate of drug-likeness (QED) is 0.423. The van der Waals surface area contributed by atoms with Gasteiger partial charge in [-0.1, -0.05) is 43.2 Å². The third kappa shape index (κ3) is 5.41. The summed E-state index contributed by atoms with van der Waals surface area (Å²) in [6.45, 7) is 1.17. The highest BCUT2D eigenvalue weighted by Gasteiger charge is 2.48. The number of anilines is 4. The molecule has 1 atom stereocenters. The number of benzene rings is 2. The van der Waals surface area contributed by atoms with Crippen LogP contribution in [0.3, 0.4) is 0 Å². The lowest BCUT2D eigenvalue weighted by atomic mass is 10.1. The van der Waals surface area contributed by atoms with E-state index in [0.717, 1.165) is 36.1 Å². The first-order chi connectivity index (χ1) is 19.2. The fourth-order valence-corrected chi connectivity index (χ4v) is 5.27. The summed E-state index contributed by atoms with van der Waals surface area (Å²) < 4.78 is 35.2. The summed E-state index contributed by atoms with van der Waals surface area (Å²) in [5, 5.41) is 6.07. The lowest BCUT2D eigenvalue weighted by Gasteiger charge is -2.31. The van der Waals surface area contributed by atoms with Gasteiger partial charge in [-0.2, -0.15) is 13.8 Å². The molecule has 0 saturated heterocycles. The van der Waals surface area contributed by atoms with E-state index in [2.05, 4.69) is 20.6 Å². The van der Waals surface area contributed by atoms with Gasteiger partial charge in [0.05, 0.1) is 31.6 Å². The molecule has 1 fully saturated rings. The zero-order chi connectivity index (χ0) is 28.4. The van der Waals surface area contributed by atoms with Gasteiger partial charge in [0.1, 0.15) is 11.4 Å². The van der Waals surface area contributed by atoms with Crippen molar-refractivity contribution in [3.63, 3.8) is 0 Å². The van der Waals surface area contributed by atoms with Gasteiger partial charge in [0.15, 0.2) is 5.82 Å². The third-order valence-corrected chi connectivity index (χ3v) is 7.49. The van der Waals surface area contributed by atoms with Gasteiger partial charge in [0.2, 0.25) is 5.95 Å². The number of hydrogen-bond donors (Lipinski definition) is 2. The predicted octanol–water partition coefficient (Wildman–Crippen LogP) is 5.08. The van der Waals surface area contributed by atoms with E-state index >= 15 is 0 Å². The average Bonchev–Trinajstić information content (AvgIpc) is 3.48. The van der Waals surface area contributed by atoms with Gasteiger partial charge < -0.3 is 25.2 Å². The minimum Gasteiger partial charge on any atom is -0.495 e. The van der Waals surface area contributed by atoms with Crippen molar-refractivity contribution in [2.45, 2.75) is 50.6 Å². The van der Waals surface area contributed by atoms with Crippen LogP contribution in [0.25, 0.3) is 0 Å². The van der Waals surface area contributed by atoms with Crippen LogP contribution >= 0.6 is 0 Å². The monoisotopic (exact) mass is 550 g/mol. The molecule has 3 aromatic rings. The Morgan fingerprint density at radius 1 is 1.15 bits per heavy atom. The van der Waals surface area contributed by atoms with Gasteiger partial charge in [-0.3, -0.25) is 9.59 Å². The topological polar surface area (TPSA) is 99.7 Å². The average molecular weight is 551 g/mol. The smallest absolute Gasteiger partial charge is 0.342 e. The summed E-state index contributed by atoms with van der Waals surface area (Å²) in [6.07, 6.45) is 4.75. The van der Waals surface area contributed by atoms with E-state index in [1.165, 1.54) is 20.4 Å². The Labute approximate surface area is 231 Å². The number of amides is 2. The van der Waals surface area contributed by atoms with Gasteiger partial charge >= 0.3 is 5.92 Å². The summed E-state index contributed by atoms with van der Waals surface area (Å²) in [7, 11) is 2.80. The van der Waals surface area contributed by atoms with Crippen LogP contribution < -0.4 is 25.2 Å². The first kappa shape index (κ1) is 27.3. The van der Waals surface area contributed by atoms with Crippen molar-refractivity contribution in [3.05, 3.63) is 65.9 Å². The summed E-state index contributed by atoms with van der Waals surface area (Å²) >= 11 is 0. The van der Waals surface area contributed by atoms with Crippen LogP contribution in [0.1, 0.15) is 54.6 Å². The van der Waals surface area contributed by atoms with Crippen molar-refractivity contribution in [1.82, 2.24) is 15.3 Å². The van der Waals surface area contributed by atoms with E-state index in [0.29, 0.717) is 17.0 Å². The Bertz CT molecular complexity index is 1400. The number of carbonyl (C=O) groups is 2. The Morgan fingerprint density at radius 2 is 1.88 bits per heavy atom. The molecule has 1 aromatic heterocycles.